The van der Waals surface area contributed by atoms with E-state index in [1.165, 1.54) is 0 Å². The van der Waals surface area contributed by atoms with E-state index < -0.39 is 0 Å². The summed E-state index contributed by atoms with van der Waals surface area (Å²) in [5.74, 6) is -0.0199. The molecule has 3 aromatic rings. The maximum absolute atomic E-state index is 12.9. The van der Waals surface area contributed by atoms with Gasteiger partial charge in [0, 0.05) is 21.7 Å². The van der Waals surface area contributed by atoms with Crippen LogP contribution in [0.3, 0.4) is 0 Å². The van der Waals surface area contributed by atoms with Crippen molar-refractivity contribution in [3.8, 4) is 0 Å². The minimum atomic E-state index is -0.139. The lowest BCUT2D eigenvalue weighted by molar-refractivity contribution is -0.122. The van der Waals surface area contributed by atoms with E-state index in [2.05, 4.69) is 5.32 Å². The van der Waals surface area contributed by atoms with E-state index in [4.69, 9.17) is 11.6 Å². The Morgan fingerprint density at radius 3 is 2.36 bits per heavy atom. The Hall–Kier alpha value is -2.59. The number of pyridine rings is 1. The summed E-state index contributed by atoms with van der Waals surface area (Å²) in [4.78, 5) is 25.7. The highest BCUT2D eigenvalue weighted by atomic mass is 35.5. The fourth-order valence-electron chi connectivity index (χ4n) is 3.69. The Bertz CT molecular complexity index is 1070. The molecule has 1 heterocycles. The number of fused-ring (bicyclic) bond motifs is 1. The van der Waals surface area contributed by atoms with Crippen molar-refractivity contribution < 1.29 is 4.79 Å². The average Bonchev–Trinajstić information content (AvgIpc) is 2.65. The summed E-state index contributed by atoms with van der Waals surface area (Å²) in [7, 11) is 0. The van der Waals surface area contributed by atoms with Gasteiger partial charge in [-0.15, -0.1) is 0 Å². The molecule has 0 fully saturated rings. The smallest absolute Gasteiger partial charge is 0.240 e. The van der Waals surface area contributed by atoms with Gasteiger partial charge in [0.2, 0.25) is 5.91 Å². The van der Waals surface area contributed by atoms with Gasteiger partial charge < -0.3 is 9.88 Å². The highest BCUT2D eigenvalue weighted by molar-refractivity contribution is 6.30. The lowest BCUT2D eigenvalue weighted by Gasteiger charge is -2.21. The fraction of sp³-hybridized carbons (Fsp3) is 0.304. The van der Waals surface area contributed by atoms with Crippen LogP contribution in [0.4, 0.5) is 0 Å². The number of aromatic nitrogens is 1. The van der Waals surface area contributed by atoms with E-state index in [-0.39, 0.29) is 29.8 Å². The van der Waals surface area contributed by atoms with Gasteiger partial charge in [0.25, 0.3) is 0 Å². The Morgan fingerprint density at radius 2 is 1.71 bits per heavy atom. The SMILES string of the molecule is Cc1c(C(C)C)c(=O)c2ccccc2n1CC(=O)N[C@@H](C)c1ccc(Cl)cc1. The standard InChI is InChI=1S/C23H25ClN2O2/c1-14(2)22-16(4)26(20-8-6-5-7-19(20)23(22)28)13-21(27)25-15(3)17-9-11-18(24)12-10-17/h5-12,14-15H,13H2,1-4H3,(H,25,27)/t15-/m0/s1. The molecule has 1 amide bonds. The lowest BCUT2D eigenvalue weighted by atomic mass is 9.98. The molecule has 0 bridgehead atoms. The molecule has 0 aliphatic carbocycles. The van der Waals surface area contributed by atoms with E-state index in [1.807, 2.05) is 80.8 Å². The molecule has 1 atom stereocenters. The molecular weight excluding hydrogens is 372 g/mol. The van der Waals surface area contributed by atoms with E-state index in [0.29, 0.717) is 10.4 Å². The highest BCUT2D eigenvalue weighted by Crippen LogP contribution is 2.22. The fourth-order valence-corrected chi connectivity index (χ4v) is 3.81. The van der Waals surface area contributed by atoms with Crippen LogP contribution in [0.2, 0.25) is 5.02 Å². The number of hydrogen-bond donors (Lipinski definition) is 1. The Labute approximate surface area is 170 Å². The number of carbonyl (C=O) groups excluding carboxylic acids is 1. The molecule has 5 heteroatoms. The van der Waals surface area contributed by atoms with Crippen molar-refractivity contribution in [2.45, 2.75) is 46.2 Å². The maximum Gasteiger partial charge on any atom is 0.240 e. The van der Waals surface area contributed by atoms with Gasteiger partial charge in [-0.2, -0.15) is 0 Å². The number of amides is 1. The molecule has 28 heavy (non-hydrogen) atoms. The Kier molecular flexibility index (Phi) is 5.90. The molecule has 4 nitrogen and oxygen atoms in total. The van der Waals surface area contributed by atoms with Crippen molar-refractivity contribution in [2.75, 3.05) is 0 Å². The van der Waals surface area contributed by atoms with Crippen LogP contribution in [0.5, 0.6) is 0 Å². The number of rotatable bonds is 5. The third-order valence-electron chi connectivity index (χ3n) is 5.11. The normalized spacial score (nSPS) is 12.4. The zero-order chi connectivity index (χ0) is 20.4. The first-order valence-electron chi connectivity index (χ1n) is 9.46. The van der Waals surface area contributed by atoms with Crippen LogP contribution in [0.15, 0.2) is 53.3 Å². The van der Waals surface area contributed by atoms with Gasteiger partial charge in [-0.25, -0.2) is 0 Å². The molecule has 0 aliphatic heterocycles. The van der Waals surface area contributed by atoms with Gasteiger partial charge in [-0.05, 0) is 49.6 Å². The second-order valence-electron chi connectivity index (χ2n) is 7.43. The first-order valence-corrected chi connectivity index (χ1v) is 9.84. The van der Waals surface area contributed by atoms with E-state index in [0.717, 1.165) is 22.3 Å². The van der Waals surface area contributed by atoms with Crippen molar-refractivity contribution in [1.29, 1.82) is 0 Å². The molecule has 0 saturated carbocycles. The summed E-state index contributed by atoms with van der Waals surface area (Å²) in [6, 6.07) is 14.8. The zero-order valence-corrected chi connectivity index (χ0v) is 17.4. The molecule has 2 aromatic carbocycles. The van der Waals surface area contributed by atoms with Gasteiger partial charge in [-0.1, -0.05) is 49.7 Å². The second-order valence-corrected chi connectivity index (χ2v) is 7.86. The van der Waals surface area contributed by atoms with Gasteiger partial charge in [0.15, 0.2) is 5.43 Å². The number of hydrogen-bond acceptors (Lipinski definition) is 2. The van der Waals surface area contributed by atoms with Crippen LogP contribution >= 0.6 is 11.6 Å². The molecule has 0 unspecified atom stereocenters. The maximum atomic E-state index is 12.9. The van der Waals surface area contributed by atoms with E-state index in [1.54, 1.807) is 0 Å². The first-order chi connectivity index (χ1) is 13.3. The van der Waals surface area contributed by atoms with E-state index >= 15 is 0 Å². The molecule has 0 spiro atoms. The van der Waals surface area contributed by atoms with Crippen LogP contribution in [0.1, 0.15) is 49.6 Å². The largest absolute Gasteiger partial charge is 0.348 e. The lowest BCUT2D eigenvalue weighted by Crippen LogP contribution is -2.32. The van der Waals surface area contributed by atoms with E-state index in [9.17, 15) is 9.59 Å². The zero-order valence-electron chi connectivity index (χ0n) is 16.6. The van der Waals surface area contributed by atoms with Crippen LogP contribution in [-0.2, 0) is 11.3 Å². The van der Waals surface area contributed by atoms with Gasteiger partial charge in [0.05, 0.1) is 11.6 Å². The molecule has 0 saturated heterocycles. The number of nitrogens with one attached hydrogen (secondary N) is 1. The topological polar surface area (TPSA) is 51.1 Å². The number of nitrogens with zero attached hydrogens (tertiary/aromatic N) is 1. The third-order valence-corrected chi connectivity index (χ3v) is 5.36. The summed E-state index contributed by atoms with van der Waals surface area (Å²) in [6.07, 6.45) is 0. The number of halogens is 1. The molecular formula is C23H25ClN2O2. The van der Waals surface area contributed by atoms with Crippen LogP contribution < -0.4 is 10.7 Å². The summed E-state index contributed by atoms with van der Waals surface area (Å²) >= 11 is 5.94. The predicted molar refractivity (Wildman–Crippen MR) is 115 cm³/mol. The van der Waals surface area contributed by atoms with Crippen molar-refractivity contribution in [3.63, 3.8) is 0 Å². The van der Waals surface area contributed by atoms with Crippen LogP contribution in [0.25, 0.3) is 10.9 Å². The molecule has 3 rings (SSSR count). The Morgan fingerprint density at radius 1 is 1.07 bits per heavy atom. The monoisotopic (exact) mass is 396 g/mol. The summed E-state index contributed by atoms with van der Waals surface area (Å²) in [5.41, 5.74) is 3.42. The van der Waals surface area contributed by atoms with Crippen LogP contribution in [-0.4, -0.2) is 10.5 Å². The van der Waals surface area contributed by atoms with Crippen molar-refractivity contribution in [2.24, 2.45) is 0 Å². The number of para-hydroxylation sites is 1. The molecule has 1 aromatic heterocycles. The Balaban J connectivity index is 1.94. The highest BCUT2D eigenvalue weighted by Gasteiger charge is 2.18. The van der Waals surface area contributed by atoms with Crippen LogP contribution in [0, 0.1) is 6.92 Å². The molecule has 146 valence electrons. The summed E-state index contributed by atoms with van der Waals surface area (Å²) in [5, 5.41) is 4.35. The van der Waals surface area contributed by atoms with Gasteiger partial charge in [-0.3, -0.25) is 9.59 Å². The molecule has 1 N–H and O–H groups in total. The number of carbonyl (C=O) groups is 1. The third kappa shape index (κ3) is 3.97. The van der Waals surface area contributed by atoms with Crippen molar-refractivity contribution >= 4 is 28.4 Å². The van der Waals surface area contributed by atoms with Crippen molar-refractivity contribution in [1.82, 2.24) is 9.88 Å². The van der Waals surface area contributed by atoms with Crippen molar-refractivity contribution in [3.05, 3.63) is 80.6 Å². The number of benzene rings is 2. The van der Waals surface area contributed by atoms with Gasteiger partial charge in [0.1, 0.15) is 6.54 Å². The first kappa shape index (κ1) is 20.2. The van der Waals surface area contributed by atoms with Gasteiger partial charge >= 0.3 is 0 Å². The summed E-state index contributed by atoms with van der Waals surface area (Å²) in [6.45, 7) is 8.03. The quantitative estimate of drug-likeness (QED) is 0.662. The summed E-state index contributed by atoms with van der Waals surface area (Å²) < 4.78 is 1.94. The molecule has 0 aliphatic rings. The molecule has 0 radical (unpaired) electrons. The predicted octanol–water partition coefficient (Wildman–Crippen LogP) is 4.96. The second kappa shape index (κ2) is 8.19. The minimum absolute atomic E-state index is 0.0503. The average molecular weight is 397 g/mol. The minimum Gasteiger partial charge on any atom is -0.348 e.